The van der Waals surface area contributed by atoms with E-state index in [-0.39, 0.29) is 5.41 Å². The molecule has 0 bridgehead atoms. The van der Waals surface area contributed by atoms with E-state index in [1.807, 2.05) is 36.4 Å². The van der Waals surface area contributed by atoms with Gasteiger partial charge in [-0.25, -0.2) is 8.42 Å². The Morgan fingerprint density at radius 1 is 0.957 bits per heavy atom. The quantitative estimate of drug-likeness (QED) is 0.914. The van der Waals surface area contributed by atoms with Crippen molar-refractivity contribution < 1.29 is 8.42 Å². The van der Waals surface area contributed by atoms with Gasteiger partial charge in [-0.1, -0.05) is 45.0 Å². The van der Waals surface area contributed by atoms with Crippen LogP contribution >= 0.6 is 0 Å². The molecular weight excluding hydrogens is 306 g/mol. The predicted molar refractivity (Wildman–Crippen MR) is 94.4 cm³/mol. The van der Waals surface area contributed by atoms with Crippen molar-refractivity contribution in [2.75, 3.05) is 4.72 Å². The maximum absolute atomic E-state index is 12.8. The monoisotopic (exact) mass is 329 g/mol. The van der Waals surface area contributed by atoms with Crippen molar-refractivity contribution in [3.8, 4) is 0 Å². The molecule has 4 heteroatoms. The minimum absolute atomic E-state index is 0.128. The van der Waals surface area contributed by atoms with Gasteiger partial charge < -0.3 is 0 Å². The summed E-state index contributed by atoms with van der Waals surface area (Å²) < 4.78 is 28.3. The molecule has 0 unspecified atom stereocenters. The van der Waals surface area contributed by atoms with E-state index in [0.29, 0.717) is 10.6 Å². The molecular formula is C19H23NO2S. The summed E-state index contributed by atoms with van der Waals surface area (Å²) in [6, 6.07) is 13.1. The minimum Gasteiger partial charge on any atom is -0.279 e. The topological polar surface area (TPSA) is 46.2 Å². The second kappa shape index (κ2) is 5.68. The highest BCUT2D eigenvalue weighted by molar-refractivity contribution is 7.92. The van der Waals surface area contributed by atoms with Crippen molar-refractivity contribution >= 4 is 15.7 Å². The van der Waals surface area contributed by atoms with E-state index in [2.05, 4.69) is 25.5 Å². The number of rotatable bonds is 3. The first-order chi connectivity index (χ1) is 10.8. The number of hydrogen-bond donors (Lipinski definition) is 1. The van der Waals surface area contributed by atoms with Crippen LogP contribution in [0.2, 0.25) is 0 Å². The molecule has 122 valence electrons. The van der Waals surface area contributed by atoms with Gasteiger partial charge in [0.15, 0.2) is 0 Å². The van der Waals surface area contributed by atoms with Crippen LogP contribution in [0.3, 0.4) is 0 Å². The Labute approximate surface area is 138 Å². The summed E-state index contributed by atoms with van der Waals surface area (Å²) in [5, 5.41) is 0. The van der Waals surface area contributed by atoms with Gasteiger partial charge in [-0.3, -0.25) is 4.72 Å². The average molecular weight is 329 g/mol. The Balaban J connectivity index is 1.97. The highest BCUT2D eigenvalue weighted by Crippen LogP contribution is 2.31. The molecule has 1 N–H and O–H groups in total. The summed E-state index contributed by atoms with van der Waals surface area (Å²) in [5.74, 6) is 0. The van der Waals surface area contributed by atoms with Crippen molar-refractivity contribution in [2.24, 2.45) is 0 Å². The number of hydrogen-bond acceptors (Lipinski definition) is 2. The van der Waals surface area contributed by atoms with Crippen molar-refractivity contribution in [3.63, 3.8) is 0 Å². The Kier molecular flexibility index (Phi) is 3.96. The number of fused-ring (bicyclic) bond motifs is 1. The van der Waals surface area contributed by atoms with Crippen molar-refractivity contribution in [1.82, 2.24) is 0 Å². The molecule has 0 saturated carbocycles. The van der Waals surface area contributed by atoms with E-state index in [1.165, 1.54) is 5.56 Å². The Morgan fingerprint density at radius 2 is 1.65 bits per heavy atom. The molecule has 3 nitrogen and oxygen atoms in total. The summed E-state index contributed by atoms with van der Waals surface area (Å²) in [6.45, 7) is 6.24. The molecule has 2 aromatic carbocycles. The number of sulfonamides is 1. The standard InChI is InChI=1S/C19H23NO2S/c1-19(2,3)17-9-4-5-10-18(17)20-23(21,22)16-12-11-14-7-6-8-15(14)13-16/h4-5,9-13,20H,6-8H2,1-3H3. The van der Waals surface area contributed by atoms with Gasteiger partial charge in [-0.15, -0.1) is 0 Å². The Hall–Kier alpha value is -1.81. The van der Waals surface area contributed by atoms with Gasteiger partial charge in [-0.2, -0.15) is 0 Å². The number of aryl methyl sites for hydroxylation is 2. The van der Waals surface area contributed by atoms with Crippen molar-refractivity contribution in [3.05, 3.63) is 59.2 Å². The highest BCUT2D eigenvalue weighted by atomic mass is 32.2. The third-order valence-corrected chi connectivity index (χ3v) is 5.72. The number of anilines is 1. The van der Waals surface area contributed by atoms with Crippen LogP contribution in [0, 0.1) is 0 Å². The van der Waals surface area contributed by atoms with Crippen molar-refractivity contribution in [2.45, 2.75) is 50.3 Å². The van der Waals surface area contributed by atoms with E-state index in [1.54, 1.807) is 6.07 Å². The Morgan fingerprint density at radius 3 is 2.39 bits per heavy atom. The molecule has 0 heterocycles. The molecule has 0 aliphatic heterocycles. The highest BCUT2D eigenvalue weighted by Gasteiger charge is 2.23. The summed E-state index contributed by atoms with van der Waals surface area (Å²) in [5.41, 5.74) is 3.96. The van der Waals surface area contributed by atoms with Gasteiger partial charge in [0.25, 0.3) is 10.0 Å². The van der Waals surface area contributed by atoms with E-state index in [4.69, 9.17) is 0 Å². The van der Waals surface area contributed by atoms with E-state index < -0.39 is 10.0 Å². The SMILES string of the molecule is CC(C)(C)c1ccccc1NS(=O)(=O)c1ccc2c(c1)CCC2. The fourth-order valence-corrected chi connectivity index (χ4v) is 4.28. The molecule has 2 aromatic rings. The molecule has 0 amide bonds. The van der Waals surface area contributed by atoms with Gasteiger partial charge in [0.05, 0.1) is 10.6 Å². The largest absolute Gasteiger partial charge is 0.279 e. The van der Waals surface area contributed by atoms with E-state index in [0.717, 1.165) is 30.4 Å². The zero-order valence-electron chi connectivity index (χ0n) is 13.9. The van der Waals surface area contributed by atoms with Crippen LogP contribution < -0.4 is 4.72 Å². The Bertz CT molecular complexity index is 833. The average Bonchev–Trinajstić information content (AvgIpc) is 2.93. The predicted octanol–water partition coefficient (Wildman–Crippen LogP) is 4.27. The molecule has 0 aromatic heterocycles. The summed E-state index contributed by atoms with van der Waals surface area (Å²) >= 11 is 0. The third-order valence-electron chi connectivity index (χ3n) is 4.36. The van der Waals surface area contributed by atoms with Crippen LogP contribution in [0.4, 0.5) is 5.69 Å². The lowest BCUT2D eigenvalue weighted by atomic mass is 9.86. The van der Waals surface area contributed by atoms with E-state index >= 15 is 0 Å². The second-order valence-corrected chi connectivity index (χ2v) is 8.87. The van der Waals surface area contributed by atoms with Crippen molar-refractivity contribution in [1.29, 1.82) is 0 Å². The van der Waals surface area contributed by atoms with Gasteiger partial charge >= 0.3 is 0 Å². The van der Waals surface area contributed by atoms with Crippen LogP contribution in [-0.4, -0.2) is 8.42 Å². The molecule has 3 rings (SSSR count). The van der Waals surface area contributed by atoms with Crippen LogP contribution in [-0.2, 0) is 28.3 Å². The second-order valence-electron chi connectivity index (χ2n) is 7.19. The van der Waals surface area contributed by atoms with Crippen LogP contribution in [0.25, 0.3) is 0 Å². The van der Waals surface area contributed by atoms with Crippen LogP contribution in [0.1, 0.15) is 43.9 Å². The third kappa shape index (κ3) is 3.27. The molecule has 1 aliphatic carbocycles. The van der Waals surface area contributed by atoms with Gasteiger partial charge in [-0.05, 0) is 59.6 Å². The van der Waals surface area contributed by atoms with Gasteiger partial charge in [0.1, 0.15) is 0 Å². The summed E-state index contributed by atoms with van der Waals surface area (Å²) in [6.07, 6.45) is 3.13. The first-order valence-corrected chi connectivity index (χ1v) is 9.50. The lowest BCUT2D eigenvalue weighted by Crippen LogP contribution is -2.19. The van der Waals surface area contributed by atoms with Gasteiger partial charge in [0, 0.05) is 0 Å². The first-order valence-electron chi connectivity index (χ1n) is 8.01. The number of benzene rings is 2. The fourth-order valence-electron chi connectivity index (χ4n) is 3.15. The van der Waals surface area contributed by atoms with E-state index in [9.17, 15) is 8.42 Å². The molecule has 0 spiro atoms. The molecule has 0 saturated heterocycles. The fraction of sp³-hybridized carbons (Fsp3) is 0.368. The maximum Gasteiger partial charge on any atom is 0.261 e. The van der Waals surface area contributed by atoms with Gasteiger partial charge in [0.2, 0.25) is 0 Å². The molecule has 1 aliphatic rings. The lowest BCUT2D eigenvalue weighted by Gasteiger charge is -2.23. The molecule has 0 atom stereocenters. The number of nitrogens with one attached hydrogen (secondary N) is 1. The summed E-state index contributed by atoms with van der Waals surface area (Å²) in [7, 11) is -3.57. The minimum atomic E-state index is -3.57. The smallest absolute Gasteiger partial charge is 0.261 e. The van der Waals surface area contributed by atoms with Crippen LogP contribution in [0.5, 0.6) is 0 Å². The zero-order chi connectivity index (χ0) is 16.7. The molecule has 0 fully saturated rings. The summed E-state index contributed by atoms with van der Waals surface area (Å²) in [4.78, 5) is 0.349. The van der Waals surface area contributed by atoms with Crippen LogP contribution in [0.15, 0.2) is 47.4 Å². The maximum atomic E-state index is 12.8. The number of para-hydroxylation sites is 1. The zero-order valence-corrected chi connectivity index (χ0v) is 14.7. The first kappa shape index (κ1) is 16.1. The molecule has 23 heavy (non-hydrogen) atoms. The lowest BCUT2D eigenvalue weighted by molar-refractivity contribution is 0.590. The molecule has 0 radical (unpaired) electrons. The normalized spacial score (nSPS) is 14.6.